The number of aryl methyl sites for hydroxylation is 1. The van der Waals surface area contributed by atoms with Crippen molar-refractivity contribution in [1.29, 1.82) is 0 Å². The minimum Gasteiger partial charge on any atom is -0.454 e. The van der Waals surface area contributed by atoms with Crippen molar-refractivity contribution < 1.29 is 14.4 Å². The number of nitrogens with zero attached hydrogens (tertiary/aromatic N) is 3. The second kappa shape index (κ2) is 4.97. The quantitative estimate of drug-likeness (QED) is 0.685. The van der Waals surface area contributed by atoms with E-state index in [1.54, 1.807) is 16.9 Å². The average molecular weight is 290 g/mol. The fraction of sp³-hybridized carbons (Fsp3) is 0.308. The summed E-state index contributed by atoms with van der Waals surface area (Å²) in [5.41, 5.74) is 1.26. The van der Waals surface area contributed by atoms with E-state index in [1.165, 1.54) is 6.07 Å². The van der Waals surface area contributed by atoms with E-state index in [2.05, 4.69) is 10.4 Å². The van der Waals surface area contributed by atoms with Gasteiger partial charge in [-0.3, -0.25) is 14.8 Å². The number of nitro groups is 1. The van der Waals surface area contributed by atoms with Crippen LogP contribution in [0.15, 0.2) is 24.4 Å². The van der Waals surface area contributed by atoms with E-state index in [-0.39, 0.29) is 18.5 Å². The molecule has 8 nitrogen and oxygen atoms in total. The van der Waals surface area contributed by atoms with Crippen LogP contribution in [-0.2, 0) is 7.05 Å². The van der Waals surface area contributed by atoms with Crippen molar-refractivity contribution in [3.05, 3.63) is 40.2 Å². The van der Waals surface area contributed by atoms with Gasteiger partial charge in [-0.15, -0.1) is 0 Å². The van der Waals surface area contributed by atoms with E-state index in [1.807, 2.05) is 20.0 Å². The van der Waals surface area contributed by atoms with Crippen LogP contribution in [0.5, 0.6) is 11.5 Å². The predicted molar refractivity (Wildman–Crippen MR) is 74.5 cm³/mol. The van der Waals surface area contributed by atoms with Crippen molar-refractivity contribution >= 4 is 11.4 Å². The first-order valence-corrected chi connectivity index (χ1v) is 6.38. The first-order chi connectivity index (χ1) is 10.1. The molecule has 0 aliphatic carbocycles. The molecule has 8 heteroatoms. The van der Waals surface area contributed by atoms with E-state index in [0.29, 0.717) is 17.2 Å². The van der Waals surface area contributed by atoms with Gasteiger partial charge in [0.15, 0.2) is 11.5 Å². The molecule has 1 aliphatic heterocycles. The van der Waals surface area contributed by atoms with Gasteiger partial charge < -0.3 is 14.8 Å². The molecule has 0 bridgehead atoms. The van der Waals surface area contributed by atoms with Gasteiger partial charge in [-0.2, -0.15) is 5.10 Å². The van der Waals surface area contributed by atoms with Crippen LogP contribution >= 0.6 is 0 Å². The number of nitrogens with one attached hydrogen (secondary N) is 1. The van der Waals surface area contributed by atoms with Crippen LogP contribution in [-0.4, -0.2) is 21.5 Å². The molecule has 0 fully saturated rings. The number of hydrogen-bond donors (Lipinski definition) is 1. The summed E-state index contributed by atoms with van der Waals surface area (Å²) in [6, 6.07) is 4.68. The van der Waals surface area contributed by atoms with Crippen LogP contribution in [0.4, 0.5) is 11.4 Å². The van der Waals surface area contributed by atoms with Crippen molar-refractivity contribution in [2.45, 2.75) is 13.0 Å². The zero-order valence-corrected chi connectivity index (χ0v) is 11.6. The van der Waals surface area contributed by atoms with E-state index in [9.17, 15) is 10.1 Å². The first kappa shape index (κ1) is 13.2. The summed E-state index contributed by atoms with van der Waals surface area (Å²) in [7, 11) is 1.82. The number of benzene rings is 1. The maximum absolute atomic E-state index is 11.2. The SMILES string of the molecule is CC(Nc1cc2c(cc1[N+](=O)[O-])OCO2)c1ccnn1C. The van der Waals surface area contributed by atoms with Gasteiger partial charge in [-0.25, -0.2) is 0 Å². The second-order valence-electron chi connectivity index (χ2n) is 4.73. The summed E-state index contributed by atoms with van der Waals surface area (Å²) in [4.78, 5) is 10.8. The third kappa shape index (κ3) is 2.35. The molecule has 0 saturated carbocycles. The maximum atomic E-state index is 11.2. The zero-order valence-electron chi connectivity index (χ0n) is 11.6. The Morgan fingerprint density at radius 2 is 2.14 bits per heavy atom. The van der Waals surface area contributed by atoms with Crippen LogP contribution in [0.25, 0.3) is 0 Å². The Balaban J connectivity index is 1.94. The summed E-state index contributed by atoms with van der Waals surface area (Å²) in [6.07, 6.45) is 1.68. The summed E-state index contributed by atoms with van der Waals surface area (Å²) < 4.78 is 12.2. The first-order valence-electron chi connectivity index (χ1n) is 6.38. The minimum absolute atomic E-state index is 0.0479. The molecule has 2 heterocycles. The highest BCUT2D eigenvalue weighted by Gasteiger charge is 2.24. The molecule has 1 aromatic carbocycles. The summed E-state index contributed by atoms with van der Waals surface area (Å²) in [5, 5.41) is 18.4. The summed E-state index contributed by atoms with van der Waals surface area (Å²) in [5.74, 6) is 0.890. The number of anilines is 1. The Hall–Kier alpha value is -2.77. The number of aromatic nitrogens is 2. The lowest BCUT2D eigenvalue weighted by molar-refractivity contribution is -0.384. The summed E-state index contributed by atoms with van der Waals surface area (Å²) in [6.45, 7) is 1.98. The van der Waals surface area contributed by atoms with Crippen LogP contribution in [0.3, 0.4) is 0 Å². The van der Waals surface area contributed by atoms with Crippen molar-refractivity contribution in [2.75, 3.05) is 12.1 Å². The van der Waals surface area contributed by atoms with Gasteiger partial charge in [0.1, 0.15) is 5.69 Å². The molecule has 110 valence electrons. The van der Waals surface area contributed by atoms with Gasteiger partial charge in [0.05, 0.1) is 22.7 Å². The van der Waals surface area contributed by atoms with Gasteiger partial charge in [0, 0.05) is 19.3 Å². The van der Waals surface area contributed by atoms with Crippen LogP contribution in [0.2, 0.25) is 0 Å². The minimum atomic E-state index is -0.444. The molecule has 0 amide bonds. The standard InChI is InChI=1S/C13H14N4O4/c1-8(10-3-4-14-16(10)2)15-9-5-12-13(21-7-20-12)6-11(9)17(18)19/h3-6,8,15H,7H2,1-2H3. The number of nitro benzene ring substituents is 1. The average Bonchev–Trinajstić information content (AvgIpc) is 3.05. The molecular weight excluding hydrogens is 276 g/mol. The number of fused-ring (bicyclic) bond motifs is 1. The van der Waals surface area contributed by atoms with E-state index >= 15 is 0 Å². The molecule has 2 aromatic rings. The van der Waals surface area contributed by atoms with Gasteiger partial charge in [0.2, 0.25) is 6.79 Å². The number of rotatable bonds is 4. The number of ether oxygens (including phenoxy) is 2. The molecule has 0 saturated heterocycles. The van der Waals surface area contributed by atoms with Gasteiger partial charge in [-0.05, 0) is 13.0 Å². The fourth-order valence-electron chi connectivity index (χ4n) is 2.31. The van der Waals surface area contributed by atoms with Crippen molar-refractivity contribution in [1.82, 2.24) is 9.78 Å². The van der Waals surface area contributed by atoms with Gasteiger partial charge >= 0.3 is 0 Å². The maximum Gasteiger partial charge on any atom is 0.296 e. The molecular formula is C13H14N4O4. The van der Waals surface area contributed by atoms with Crippen LogP contribution < -0.4 is 14.8 Å². The Morgan fingerprint density at radius 3 is 2.76 bits per heavy atom. The van der Waals surface area contributed by atoms with Crippen molar-refractivity contribution in [2.24, 2.45) is 7.05 Å². The molecule has 1 aromatic heterocycles. The molecule has 21 heavy (non-hydrogen) atoms. The Bertz CT molecular complexity index is 697. The summed E-state index contributed by atoms with van der Waals surface area (Å²) >= 11 is 0. The van der Waals surface area contributed by atoms with Crippen molar-refractivity contribution in [3.8, 4) is 11.5 Å². The Morgan fingerprint density at radius 1 is 1.43 bits per heavy atom. The lowest BCUT2D eigenvalue weighted by Gasteiger charge is -2.16. The van der Waals surface area contributed by atoms with Crippen LogP contribution in [0, 0.1) is 10.1 Å². The van der Waals surface area contributed by atoms with E-state index < -0.39 is 4.92 Å². The van der Waals surface area contributed by atoms with Crippen molar-refractivity contribution in [3.63, 3.8) is 0 Å². The third-order valence-electron chi connectivity index (χ3n) is 3.36. The largest absolute Gasteiger partial charge is 0.454 e. The molecule has 1 N–H and O–H groups in total. The molecule has 3 rings (SSSR count). The second-order valence-corrected chi connectivity index (χ2v) is 4.73. The number of hydrogen-bond acceptors (Lipinski definition) is 6. The fourth-order valence-corrected chi connectivity index (χ4v) is 2.31. The highest BCUT2D eigenvalue weighted by atomic mass is 16.7. The smallest absolute Gasteiger partial charge is 0.296 e. The lowest BCUT2D eigenvalue weighted by atomic mass is 10.2. The topological polar surface area (TPSA) is 91.5 Å². The van der Waals surface area contributed by atoms with E-state index in [0.717, 1.165) is 5.69 Å². The highest BCUT2D eigenvalue weighted by molar-refractivity contribution is 5.69. The van der Waals surface area contributed by atoms with Crippen LogP contribution in [0.1, 0.15) is 18.7 Å². The van der Waals surface area contributed by atoms with Gasteiger partial charge in [-0.1, -0.05) is 0 Å². The Kier molecular flexibility index (Phi) is 3.13. The zero-order chi connectivity index (χ0) is 15.0. The highest BCUT2D eigenvalue weighted by Crippen LogP contribution is 2.41. The Labute approximate surface area is 120 Å². The molecule has 0 spiro atoms. The lowest BCUT2D eigenvalue weighted by Crippen LogP contribution is -2.12. The predicted octanol–water partition coefficient (Wildman–Crippen LogP) is 2.23. The molecule has 0 radical (unpaired) electrons. The molecule has 1 aliphatic rings. The third-order valence-corrected chi connectivity index (χ3v) is 3.36. The monoisotopic (exact) mass is 290 g/mol. The van der Waals surface area contributed by atoms with E-state index in [4.69, 9.17) is 9.47 Å². The van der Waals surface area contributed by atoms with Gasteiger partial charge in [0.25, 0.3) is 5.69 Å². The normalized spacial score (nSPS) is 14.0. The molecule has 1 atom stereocenters. The molecule has 1 unspecified atom stereocenters.